The number of aromatic nitrogens is 2. The van der Waals surface area contributed by atoms with Crippen LogP contribution in [0.25, 0.3) is 16.8 Å². The van der Waals surface area contributed by atoms with Gasteiger partial charge < -0.3 is 19.2 Å². The molecule has 1 aliphatic rings. The zero-order valence-electron chi connectivity index (χ0n) is 22.3. The van der Waals surface area contributed by atoms with Gasteiger partial charge in [-0.1, -0.05) is 30.3 Å². The lowest BCUT2D eigenvalue weighted by molar-refractivity contribution is -0.132. The van der Waals surface area contributed by atoms with Crippen molar-refractivity contribution in [3.63, 3.8) is 0 Å². The standard InChI is InChI=1S/C32H27N3O5/c1-18-15-23-24(16-19(18)2)34-32(33-23)35-28(26-10-7-13-39-26)27(30(37)31(35)38)29(36)22-11-12-25(20(3)14-22)40-17-21-8-5-4-6-9-21/h4-16,28,36H,17H2,1-3H3,(H,33,34)/b29-27+. The molecular weight excluding hydrogens is 506 g/mol. The zero-order valence-corrected chi connectivity index (χ0v) is 22.3. The smallest absolute Gasteiger partial charge is 0.302 e. The minimum absolute atomic E-state index is 0.0786. The maximum atomic E-state index is 13.4. The highest BCUT2D eigenvalue weighted by atomic mass is 16.5. The molecular formula is C32H27N3O5. The summed E-state index contributed by atoms with van der Waals surface area (Å²) in [6.45, 7) is 6.23. The number of rotatable bonds is 6. The molecule has 1 aliphatic heterocycles. The van der Waals surface area contributed by atoms with E-state index in [0.29, 0.717) is 29.2 Å². The van der Waals surface area contributed by atoms with Crippen LogP contribution >= 0.6 is 0 Å². The van der Waals surface area contributed by atoms with Crippen LogP contribution in [-0.4, -0.2) is 26.8 Å². The van der Waals surface area contributed by atoms with E-state index in [1.807, 2.05) is 63.2 Å². The Hall–Kier alpha value is -5.11. The largest absolute Gasteiger partial charge is 0.507 e. The second-order valence-corrected chi connectivity index (χ2v) is 9.95. The Kier molecular flexibility index (Phi) is 6.23. The number of furan rings is 1. The molecule has 8 nitrogen and oxygen atoms in total. The van der Waals surface area contributed by atoms with E-state index in [0.717, 1.165) is 27.8 Å². The Morgan fingerprint density at radius 1 is 0.975 bits per heavy atom. The summed E-state index contributed by atoms with van der Waals surface area (Å²) in [6, 6.07) is 21.2. The van der Waals surface area contributed by atoms with E-state index in [2.05, 4.69) is 9.97 Å². The summed E-state index contributed by atoms with van der Waals surface area (Å²) < 4.78 is 11.6. The molecule has 3 heterocycles. The topological polar surface area (TPSA) is 109 Å². The van der Waals surface area contributed by atoms with E-state index in [4.69, 9.17) is 9.15 Å². The number of anilines is 1. The van der Waals surface area contributed by atoms with Gasteiger partial charge in [-0.25, -0.2) is 4.98 Å². The number of ether oxygens (including phenoxy) is 1. The van der Waals surface area contributed by atoms with E-state index in [1.54, 1.807) is 30.3 Å². The molecule has 2 N–H and O–H groups in total. The number of aliphatic hydroxyl groups excluding tert-OH is 1. The number of H-pyrrole nitrogens is 1. The fraction of sp³-hybridized carbons (Fsp3) is 0.156. The third-order valence-corrected chi connectivity index (χ3v) is 7.26. The highest BCUT2D eigenvalue weighted by molar-refractivity contribution is 6.51. The summed E-state index contributed by atoms with van der Waals surface area (Å²) >= 11 is 0. The van der Waals surface area contributed by atoms with Gasteiger partial charge >= 0.3 is 5.91 Å². The summed E-state index contributed by atoms with van der Waals surface area (Å²) in [5.74, 6) is -0.765. The Bertz CT molecular complexity index is 1750. The number of hydrogen-bond donors (Lipinski definition) is 2. The Morgan fingerprint density at radius 2 is 1.75 bits per heavy atom. The normalized spacial score (nSPS) is 16.7. The number of ketones is 1. The van der Waals surface area contributed by atoms with E-state index in [-0.39, 0.29) is 17.3 Å². The lowest BCUT2D eigenvalue weighted by Gasteiger charge is -2.20. The van der Waals surface area contributed by atoms with Crippen LogP contribution in [0.4, 0.5) is 5.95 Å². The number of benzene rings is 3. The van der Waals surface area contributed by atoms with E-state index in [9.17, 15) is 14.7 Å². The number of nitrogens with one attached hydrogen (secondary N) is 1. The minimum Gasteiger partial charge on any atom is -0.507 e. The van der Waals surface area contributed by atoms with Crippen LogP contribution in [-0.2, 0) is 16.2 Å². The van der Waals surface area contributed by atoms with Gasteiger partial charge in [-0.2, -0.15) is 0 Å². The molecule has 0 saturated carbocycles. The Labute approximate surface area is 230 Å². The van der Waals surface area contributed by atoms with Crippen molar-refractivity contribution in [2.45, 2.75) is 33.4 Å². The summed E-state index contributed by atoms with van der Waals surface area (Å²) in [5.41, 5.74) is 5.63. The van der Waals surface area contributed by atoms with E-state index < -0.39 is 17.7 Å². The Balaban J connectivity index is 1.40. The van der Waals surface area contributed by atoms with Crippen molar-refractivity contribution in [2.75, 3.05) is 4.90 Å². The summed E-state index contributed by atoms with van der Waals surface area (Å²) in [7, 11) is 0. The van der Waals surface area contributed by atoms with Crippen LogP contribution in [0.3, 0.4) is 0 Å². The number of hydrogen-bond acceptors (Lipinski definition) is 6. The minimum atomic E-state index is -1.01. The average molecular weight is 534 g/mol. The number of fused-ring (bicyclic) bond motifs is 1. The second kappa shape index (κ2) is 9.89. The van der Waals surface area contributed by atoms with Crippen molar-refractivity contribution in [1.82, 2.24) is 9.97 Å². The molecule has 2 aromatic heterocycles. The van der Waals surface area contributed by atoms with Gasteiger partial charge in [-0.05, 0) is 85.5 Å². The van der Waals surface area contributed by atoms with Gasteiger partial charge in [0.15, 0.2) is 0 Å². The maximum Gasteiger partial charge on any atom is 0.302 e. The molecule has 8 heteroatoms. The van der Waals surface area contributed by atoms with Crippen LogP contribution < -0.4 is 9.64 Å². The lowest BCUT2D eigenvalue weighted by atomic mass is 9.98. The van der Waals surface area contributed by atoms with Crippen molar-refractivity contribution in [3.05, 3.63) is 118 Å². The van der Waals surface area contributed by atoms with Crippen molar-refractivity contribution in [2.24, 2.45) is 0 Å². The van der Waals surface area contributed by atoms with Crippen LogP contribution in [0.15, 0.2) is 89.0 Å². The number of nitrogens with zero attached hydrogens (tertiary/aromatic N) is 2. The molecule has 5 aromatic rings. The number of amides is 1. The van der Waals surface area contributed by atoms with Crippen molar-refractivity contribution < 1.29 is 23.8 Å². The van der Waals surface area contributed by atoms with Gasteiger partial charge in [0.25, 0.3) is 5.78 Å². The van der Waals surface area contributed by atoms with Crippen LogP contribution in [0.1, 0.15) is 39.6 Å². The first-order valence-electron chi connectivity index (χ1n) is 12.9. The first-order chi connectivity index (χ1) is 19.3. The molecule has 6 rings (SSSR count). The highest BCUT2D eigenvalue weighted by Crippen LogP contribution is 2.42. The number of Topliss-reactive ketones (excluding diaryl/α,β-unsaturated/α-hetero) is 1. The van der Waals surface area contributed by atoms with Gasteiger partial charge in [-0.15, -0.1) is 0 Å². The SMILES string of the molecule is Cc1cc2nc(N3C(=O)C(=O)/C(=C(/O)c4ccc(OCc5ccccc5)c(C)c4)C3c3ccco3)[nH]c2cc1C. The molecule has 1 saturated heterocycles. The van der Waals surface area contributed by atoms with Crippen molar-refractivity contribution in [3.8, 4) is 5.75 Å². The van der Waals surface area contributed by atoms with Gasteiger partial charge in [0.1, 0.15) is 29.9 Å². The van der Waals surface area contributed by atoms with Crippen molar-refractivity contribution in [1.29, 1.82) is 0 Å². The second-order valence-electron chi connectivity index (χ2n) is 9.95. The first-order valence-corrected chi connectivity index (χ1v) is 12.9. The summed E-state index contributed by atoms with van der Waals surface area (Å²) in [5, 5.41) is 11.4. The fourth-order valence-corrected chi connectivity index (χ4v) is 4.99. The number of imidazole rings is 1. The number of aromatic amines is 1. The molecule has 1 unspecified atom stereocenters. The maximum absolute atomic E-state index is 13.4. The third-order valence-electron chi connectivity index (χ3n) is 7.26. The van der Waals surface area contributed by atoms with E-state index >= 15 is 0 Å². The lowest BCUT2D eigenvalue weighted by Crippen LogP contribution is -2.30. The fourth-order valence-electron chi connectivity index (χ4n) is 4.99. The number of aryl methyl sites for hydroxylation is 3. The van der Waals surface area contributed by atoms with E-state index in [1.165, 1.54) is 11.2 Å². The monoisotopic (exact) mass is 533 g/mol. The summed E-state index contributed by atoms with van der Waals surface area (Å²) in [4.78, 5) is 35.9. The molecule has 1 fully saturated rings. The number of aliphatic hydroxyl groups is 1. The molecule has 0 spiro atoms. The average Bonchev–Trinajstić information content (AvgIpc) is 3.67. The van der Waals surface area contributed by atoms with Crippen LogP contribution in [0.5, 0.6) is 5.75 Å². The quantitative estimate of drug-likeness (QED) is 0.151. The van der Waals surface area contributed by atoms with Gasteiger partial charge in [0.05, 0.1) is 22.9 Å². The van der Waals surface area contributed by atoms with Gasteiger partial charge in [0.2, 0.25) is 5.95 Å². The first kappa shape index (κ1) is 25.2. The molecule has 200 valence electrons. The zero-order chi connectivity index (χ0) is 28.0. The number of carbonyl (C=O) groups is 2. The third kappa shape index (κ3) is 4.33. The molecule has 0 radical (unpaired) electrons. The van der Waals surface area contributed by atoms with Crippen LogP contribution in [0.2, 0.25) is 0 Å². The molecule has 40 heavy (non-hydrogen) atoms. The van der Waals surface area contributed by atoms with Gasteiger partial charge in [-0.3, -0.25) is 14.5 Å². The highest BCUT2D eigenvalue weighted by Gasteiger charge is 2.49. The molecule has 0 bridgehead atoms. The van der Waals surface area contributed by atoms with Crippen LogP contribution in [0, 0.1) is 20.8 Å². The number of carbonyl (C=O) groups excluding carboxylic acids is 2. The summed E-state index contributed by atoms with van der Waals surface area (Å²) in [6.07, 6.45) is 1.46. The van der Waals surface area contributed by atoms with Crippen molar-refractivity contribution >= 4 is 34.4 Å². The predicted octanol–water partition coefficient (Wildman–Crippen LogP) is 6.29. The van der Waals surface area contributed by atoms with Gasteiger partial charge in [0, 0.05) is 5.56 Å². The molecule has 1 atom stereocenters. The molecule has 0 aliphatic carbocycles. The molecule has 3 aromatic carbocycles. The Morgan fingerprint density at radius 3 is 2.48 bits per heavy atom. The molecule has 1 amide bonds. The predicted molar refractivity (Wildman–Crippen MR) is 151 cm³/mol.